The molecule has 152 valence electrons. The fourth-order valence-electron chi connectivity index (χ4n) is 3.74. The number of amides is 1. The van der Waals surface area contributed by atoms with Gasteiger partial charge in [-0.3, -0.25) is 18.7 Å². The van der Waals surface area contributed by atoms with Crippen molar-refractivity contribution in [2.24, 2.45) is 14.1 Å². The van der Waals surface area contributed by atoms with E-state index in [9.17, 15) is 14.4 Å². The minimum absolute atomic E-state index is 0.0155. The van der Waals surface area contributed by atoms with Gasteiger partial charge in [-0.1, -0.05) is 33.1 Å². The van der Waals surface area contributed by atoms with E-state index in [0.29, 0.717) is 11.0 Å². The van der Waals surface area contributed by atoms with Crippen molar-refractivity contribution in [3.05, 3.63) is 32.6 Å². The van der Waals surface area contributed by atoms with E-state index in [0.717, 1.165) is 40.7 Å². The molecule has 1 fully saturated rings. The minimum atomic E-state index is -0.409. The maximum absolute atomic E-state index is 12.9. The Bertz CT molecular complexity index is 1000. The maximum Gasteiger partial charge on any atom is 0.332 e. The van der Waals surface area contributed by atoms with Crippen molar-refractivity contribution in [2.45, 2.75) is 62.8 Å². The van der Waals surface area contributed by atoms with Gasteiger partial charge in [0.25, 0.3) is 5.56 Å². The van der Waals surface area contributed by atoms with Gasteiger partial charge in [0.2, 0.25) is 5.91 Å². The highest BCUT2D eigenvalue weighted by atomic mass is 32.2. The van der Waals surface area contributed by atoms with Crippen LogP contribution in [0.2, 0.25) is 0 Å². The van der Waals surface area contributed by atoms with Crippen molar-refractivity contribution < 1.29 is 4.79 Å². The molecule has 0 radical (unpaired) electrons. The van der Waals surface area contributed by atoms with Crippen LogP contribution in [0, 0.1) is 0 Å². The zero-order valence-electron chi connectivity index (χ0n) is 16.9. The van der Waals surface area contributed by atoms with Crippen LogP contribution in [0.5, 0.6) is 0 Å². The van der Waals surface area contributed by atoms with Crippen molar-refractivity contribution in [1.82, 2.24) is 19.4 Å². The third-order valence-corrected chi connectivity index (χ3v) is 6.52. The SMILES string of the molecule is CC(C)c1cnc2c(c1SCC(=O)NC1CCCCC1)c(=O)n(C)c(=O)n2C. The van der Waals surface area contributed by atoms with Gasteiger partial charge in [0, 0.05) is 31.2 Å². The van der Waals surface area contributed by atoms with E-state index in [1.807, 2.05) is 13.8 Å². The minimum Gasteiger partial charge on any atom is -0.353 e. The standard InChI is InChI=1S/C20H28N4O3S/c1-12(2)14-10-21-18-16(19(26)24(4)20(27)23(18)3)17(14)28-11-15(25)22-13-8-6-5-7-9-13/h10,12-13H,5-9,11H2,1-4H3,(H,22,25). The molecule has 1 amide bonds. The smallest absolute Gasteiger partial charge is 0.332 e. The van der Waals surface area contributed by atoms with Crippen LogP contribution in [-0.2, 0) is 18.9 Å². The summed E-state index contributed by atoms with van der Waals surface area (Å²) in [5.74, 6) is 0.363. The van der Waals surface area contributed by atoms with Crippen LogP contribution in [0.1, 0.15) is 57.4 Å². The fraction of sp³-hybridized carbons (Fsp3) is 0.600. The number of rotatable bonds is 5. The molecule has 0 aromatic carbocycles. The fourth-order valence-corrected chi connectivity index (χ4v) is 4.87. The Balaban J connectivity index is 1.96. The monoisotopic (exact) mass is 404 g/mol. The number of nitrogens with one attached hydrogen (secondary N) is 1. The number of fused-ring (bicyclic) bond motifs is 1. The number of pyridine rings is 1. The van der Waals surface area contributed by atoms with Gasteiger partial charge in [0.1, 0.15) is 5.65 Å². The second kappa shape index (κ2) is 8.51. The lowest BCUT2D eigenvalue weighted by Gasteiger charge is -2.23. The number of carbonyl (C=O) groups is 1. The van der Waals surface area contributed by atoms with Crippen LogP contribution in [-0.4, -0.2) is 31.8 Å². The number of nitrogens with zero attached hydrogens (tertiary/aromatic N) is 3. The summed E-state index contributed by atoms with van der Waals surface area (Å²) in [5.41, 5.74) is 0.489. The number of aromatic nitrogens is 3. The van der Waals surface area contributed by atoms with Crippen LogP contribution >= 0.6 is 11.8 Å². The van der Waals surface area contributed by atoms with Gasteiger partial charge >= 0.3 is 5.69 Å². The number of thioether (sulfide) groups is 1. The summed E-state index contributed by atoms with van der Waals surface area (Å²) in [7, 11) is 3.08. The molecule has 0 atom stereocenters. The molecule has 0 aliphatic heterocycles. The normalized spacial score (nSPS) is 15.3. The molecule has 8 heteroatoms. The summed E-state index contributed by atoms with van der Waals surface area (Å²) in [5, 5.41) is 3.53. The second-order valence-corrected chi connectivity index (χ2v) is 8.78. The summed E-state index contributed by atoms with van der Waals surface area (Å²) in [6.45, 7) is 4.06. The third kappa shape index (κ3) is 4.01. The lowest BCUT2D eigenvalue weighted by atomic mass is 9.95. The van der Waals surface area contributed by atoms with E-state index in [1.165, 1.54) is 29.8 Å². The first kappa shape index (κ1) is 20.6. The van der Waals surface area contributed by atoms with Gasteiger partial charge in [-0.05, 0) is 24.3 Å². The molecule has 1 aliphatic rings. The molecule has 1 aliphatic carbocycles. The van der Waals surface area contributed by atoms with Gasteiger partial charge in [-0.25, -0.2) is 9.78 Å². The molecule has 7 nitrogen and oxygen atoms in total. The topological polar surface area (TPSA) is 86.0 Å². The van der Waals surface area contributed by atoms with Crippen molar-refractivity contribution in [2.75, 3.05) is 5.75 Å². The Morgan fingerprint density at radius 3 is 2.54 bits per heavy atom. The van der Waals surface area contributed by atoms with Crippen LogP contribution in [0.3, 0.4) is 0 Å². The lowest BCUT2D eigenvalue weighted by molar-refractivity contribution is -0.119. The van der Waals surface area contributed by atoms with Crippen LogP contribution in [0.25, 0.3) is 11.0 Å². The van der Waals surface area contributed by atoms with Gasteiger partial charge in [-0.15, -0.1) is 11.8 Å². The number of hydrogen-bond acceptors (Lipinski definition) is 5. The molecule has 28 heavy (non-hydrogen) atoms. The number of carbonyl (C=O) groups excluding carboxylic acids is 1. The number of aryl methyl sites for hydroxylation is 1. The zero-order chi connectivity index (χ0) is 20.4. The average molecular weight is 405 g/mol. The van der Waals surface area contributed by atoms with Crippen molar-refractivity contribution in [3.8, 4) is 0 Å². The Kier molecular flexibility index (Phi) is 6.27. The van der Waals surface area contributed by atoms with Gasteiger partial charge in [0.15, 0.2) is 0 Å². The van der Waals surface area contributed by atoms with E-state index in [1.54, 1.807) is 13.2 Å². The van der Waals surface area contributed by atoms with Crippen molar-refractivity contribution >= 4 is 28.7 Å². The van der Waals surface area contributed by atoms with Crippen molar-refractivity contribution in [1.29, 1.82) is 0 Å². The highest BCUT2D eigenvalue weighted by Crippen LogP contribution is 2.32. The van der Waals surface area contributed by atoms with Crippen LogP contribution in [0.15, 0.2) is 20.7 Å². The molecule has 2 heterocycles. The Labute approximate surface area is 168 Å². The number of hydrogen-bond donors (Lipinski definition) is 1. The molecule has 1 N–H and O–H groups in total. The molecule has 2 aromatic heterocycles. The van der Waals surface area contributed by atoms with Crippen LogP contribution in [0.4, 0.5) is 0 Å². The van der Waals surface area contributed by atoms with E-state index < -0.39 is 5.69 Å². The average Bonchev–Trinajstić information content (AvgIpc) is 2.68. The van der Waals surface area contributed by atoms with Gasteiger partial charge < -0.3 is 5.32 Å². The quantitative estimate of drug-likeness (QED) is 0.773. The first-order valence-corrected chi connectivity index (χ1v) is 10.8. The first-order valence-electron chi connectivity index (χ1n) is 9.82. The lowest BCUT2D eigenvalue weighted by Crippen LogP contribution is -2.38. The van der Waals surface area contributed by atoms with Crippen molar-refractivity contribution in [3.63, 3.8) is 0 Å². The van der Waals surface area contributed by atoms with E-state index in [-0.39, 0.29) is 29.2 Å². The van der Waals surface area contributed by atoms with E-state index in [4.69, 9.17) is 0 Å². The highest BCUT2D eigenvalue weighted by Gasteiger charge is 2.21. The first-order chi connectivity index (χ1) is 13.3. The predicted molar refractivity (Wildman–Crippen MR) is 112 cm³/mol. The van der Waals surface area contributed by atoms with Gasteiger partial charge in [0.05, 0.1) is 11.1 Å². The predicted octanol–water partition coefficient (Wildman–Crippen LogP) is 2.30. The summed E-state index contributed by atoms with van der Waals surface area (Å²) < 4.78 is 2.48. The molecule has 0 bridgehead atoms. The van der Waals surface area contributed by atoms with Gasteiger partial charge in [-0.2, -0.15) is 0 Å². The summed E-state index contributed by atoms with van der Waals surface area (Å²) in [6.07, 6.45) is 7.35. The van der Waals surface area contributed by atoms with E-state index >= 15 is 0 Å². The summed E-state index contributed by atoms with van der Waals surface area (Å²) in [4.78, 5) is 42.7. The molecule has 0 spiro atoms. The largest absolute Gasteiger partial charge is 0.353 e. The van der Waals surface area contributed by atoms with E-state index in [2.05, 4.69) is 10.3 Å². The maximum atomic E-state index is 12.9. The second-order valence-electron chi connectivity index (χ2n) is 7.79. The summed E-state index contributed by atoms with van der Waals surface area (Å²) in [6, 6.07) is 0.259. The Hall–Kier alpha value is -2.09. The molecular weight excluding hydrogens is 376 g/mol. The molecule has 0 unspecified atom stereocenters. The van der Waals surface area contributed by atoms with Crippen LogP contribution < -0.4 is 16.6 Å². The molecule has 2 aromatic rings. The molecular formula is C20H28N4O3S. The Morgan fingerprint density at radius 1 is 1.21 bits per heavy atom. The molecule has 0 saturated heterocycles. The third-order valence-electron chi connectivity index (χ3n) is 5.39. The zero-order valence-corrected chi connectivity index (χ0v) is 17.8. The highest BCUT2D eigenvalue weighted by molar-refractivity contribution is 8.00. The Morgan fingerprint density at radius 2 is 1.89 bits per heavy atom. The summed E-state index contributed by atoms with van der Waals surface area (Å²) >= 11 is 1.36. The molecule has 3 rings (SSSR count). The molecule has 1 saturated carbocycles.